The second-order valence-corrected chi connectivity index (χ2v) is 6.00. The minimum absolute atomic E-state index is 0.222. The summed E-state index contributed by atoms with van der Waals surface area (Å²) >= 11 is 0. The summed E-state index contributed by atoms with van der Waals surface area (Å²) in [7, 11) is 0. The minimum atomic E-state index is -0.333. The molecule has 6 nitrogen and oxygen atoms in total. The third kappa shape index (κ3) is 1.23. The van der Waals surface area contributed by atoms with E-state index in [0.717, 1.165) is 43.7 Å². The molecule has 1 aromatic heterocycles. The Morgan fingerprint density at radius 3 is 2.85 bits per heavy atom. The van der Waals surface area contributed by atoms with Crippen LogP contribution in [0.5, 0.6) is 5.88 Å². The van der Waals surface area contributed by atoms with Gasteiger partial charge in [-0.05, 0) is 38.8 Å². The molecule has 3 fully saturated rings. The first-order chi connectivity index (χ1) is 9.66. The first-order valence-corrected chi connectivity index (χ1v) is 7.03. The van der Waals surface area contributed by atoms with Crippen molar-refractivity contribution in [2.75, 3.05) is 19.6 Å². The van der Waals surface area contributed by atoms with E-state index < -0.39 is 0 Å². The number of ether oxygens (including phenoxy) is 1. The van der Waals surface area contributed by atoms with Crippen LogP contribution in [0.1, 0.15) is 24.1 Å². The number of hydrogen-bond acceptors (Lipinski definition) is 5. The summed E-state index contributed by atoms with van der Waals surface area (Å²) in [4.78, 5) is 2.42. The molecular formula is C14H17N5O. The molecule has 3 N–H and O–H groups in total. The van der Waals surface area contributed by atoms with Crippen LogP contribution in [0, 0.1) is 24.2 Å². The largest absolute Gasteiger partial charge is 0.420 e. The second kappa shape index (κ2) is 3.76. The highest BCUT2D eigenvalue weighted by atomic mass is 16.5. The summed E-state index contributed by atoms with van der Waals surface area (Å²) in [6.07, 6.45) is 2.20. The molecule has 104 valence electrons. The monoisotopic (exact) mass is 271 g/mol. The lowest BCUT2D eigenvalue weighted by Crippen LogP contribution is -2.59. The van der Waals surface area contributed by atoms with Gasteiger partial charge in [-0.1, -0.05) is 0 Å². The Hall–Kier alpha value is -2.00. The van der Waals surface area contributed by atoms with Crippen LogP contribution >= 0.6 is 0 Å². The fourth-order valence-electron chi connectivity index (χ4n) is 4.29. The van der Waals surface area contributed by atoms with Crippen LogP contribution in [0.25, 0.3) is 0 Å². The Morgan fingerprint density at radius 1 is 1.50 bits per heavy atom. The molecule has 5 heterocycles. The smallest absolute Gasteiger partial charge is 0.244 e. The fourth-order valence-corrected chi connectivity index (χ4v) is 4.29. The molecule has 5 rings (SSSR count). The standard InChI is InChI=1S/C14H17N5O/c1-8-11-13(18-17-8)20-12(16)10(6-15)14(11)7-19-4-2-9(14)3-5-19/h9H,2-5,7,16H2,1H3,(H,17,18)/t14-/m0/s1. The van der Waals surface area contributed by atoms with Gasteiger partial charge in [-0.15, -0.1) is 5.10 Å². The molecular weight excluding hydrogens is 254 g/mol. The van der Waals surface area contributed by atoms with Crippen molar-refractivity contribution in [2.45, 2.75) is 25.2 Å². The fraction of sp³-hybridized carbons (Fsp3) is 0.571. The van der Waals surface area contributed by atoms with Gasteiger partial charge in [-0.2, -0.15) is 5.26 Å². The molecule has 6 heteroatoms. The Bertz CT molecular complexity index is 647. The molecule has 0 saturated carbocycles. The van der Waals surface area contributed by atoms with Crippen molar-refractivity contribution in [2.24, 2.45) is 11.7 Å². The highest BCUT2D eigenvalue weighted by Gasteiger charge is 2.56. The maximum absolute atomic E-state index is 9.64. The van der Waals surface area contributed by atoms with Crippen LogP contribution in [-0.4, -0.2) is 34.7 Å². The Morgan fingerprint density at radius 2 is 2.25 bits per heavy atom. The molecule has 3 saturated heterocycles. The predicted octanol–water partition coefficient (Wildman–Crippen LogP) is 0.768. The number of H-pyrrole nitrogens is 1. The van der Waals surface area contributed by atoms with Crippen LogP contribution < -0.4 is 10.5 Å². The van der Waals surface area contributed by atoms with Crippen molar-refractivity contribution in [1.29, 1.82) is 5.26 Å². The van der Waals surface area contributed by atoms with Gasteiger partial charge < -0.3 is 15.4 Å². The Balaban J connectivity index is 2.00. The number of nitriles is 1. The van der Waals surface area contributed by atoms with E-state index in [-0.39, 0.29) is 11.3 Å². The van der Waals surface area contributed by atoms with Gasteiger partial charge in [0.15, 0.2) is 0 Å². The van der Waals surface area contributed by atoms with Crippen molar-refractivity contribution in [3.05, 3.63) is 22.7 Å². The maximum atomic E-state index is 9.64. The normalized spacial score (nSPS) is 34.8. The topological polar surface area (TPSA) is 91.0 Å². The lowest BCUT2D eigenvalue weighted by molar-refractivity contribution is 0.0384. The van der Waals surface area contributed by atoms with Gasteiger partial charge in [0, 0.05) is 17.8 Å². The molecule has 0 aliphatic carbocycles. The summed E-state index contributed by atoms with van der Waals surface area (Å²) in [6, 6.07) is 2.32. The van der Waals surface area contributed by atoms with Crippen molar-refractivity contribution >= 4 is 0 Å². The van der Waals surface area contributed by atoms with E-state index in [4.69, 9.17) is 10.5 Å². The summed E-state index contributed by atoms with van der Waals surface area (Å²) in [5.74, 6) is 1.22. The van der Waals surface area contributed by atoms with E-state index >= 15 is 0 Å². The third-order valence-corrected chi connectivity index (χ3v) is 5.13. The highest BCUT2D eigenvalue weighted by Crippen LogP contribution is 2.54. The van der Waals surface area contributed by atoms with E-state index in [0.29, 0.717) is 17.4 Å². The zero-order valence-corrected chi connectivity index (χ0v) is 11.4. The van der Waals surface area contributed by atoms with E-state index in [2.05, 4.69) is 21.2 Å². The number of aromatic nitrogens is 2. The Labute approximate surface area is 117 Å². The molecule has 0 aromatic carbocycles. The number of aromatic amines is 1. The number of piperidine rings is 3. The van der Waals surface area contributed by atoms with E-state index in [1.807, 2.05) is 6.92 Å². The zero-order chi connectivity index (χ0) is 13.9. The molecule has 2 bridgehead atoms. The zero-order valence-electron chi connectivity index (χ0n) is 11.4. The van der Waals surface area contributed by atoms with Gasteiger partial charge in [0.25, 0.3) is 0 Å². The van der Waals surface area contributed by atoms with Crippen LogP contribution in [0.2, 0.25) is 0 Å². The quantitative estimate of drug-likeness (QED) is 0.727. The van der Waals surface area contributed by atoms with Gasteiger partial charge in [-0.25, -0.2) is 0 Å². The van der Waals surface area contributed by atoms with Crippen molar-refractivity contribution in [3.8, 4) is 11.9 Å². The number of nitrogens with one attached hydrogen (secondary N) is 1. The second-order valence-electron chi connectivity index (χ2n) is 6.00. The van der Waals surface area contributed by atoms with E-state index in [1.54, 1.807) is 0 Å². The number of nitrogens with zero attached hydrogens (tertiary/aromatic N) is 3. The molecule has 1 atom stereocenters. The van der Waals surface area contributed by atoms with Gasteiger partial charge in [-0.3, -0.25) is 5.10 Å². The first-order valence-electron chi connectivity index (χ1n) is 7.03. The molecule has 1 spiro atoms. The number of aryl methyl sites for hydroxylation is 1. The number of rotatable bonds is 0. The van der Waals surface area contributed by atoms with E-state index in [9.17, 15) is 5.26 Å². The van der Waals surface area contributed by atoms with Crippen molar-refractivity contribution < 1.29 is 4.74 Å². The molecule has 4 aliphatic heterocycles. The van der Waals surface area contributed by atoms with Gasteiger partial charge in [0.1, 0.15) is 11.6 Å². The average Bonchev–Trinajstić information content (AvgIpc) is 2.82. The maximum Gasteiger partial charge on any atom is 0.244 e. The average molecular weight is 271 g/mol. The summed E-state index contributed by atoms with van der Waals surface area (Å²) in [5.41, 5.74) is 8.29. The lowest BCUT2D eigenvalue weighted by Gasteiger charge is -2.54. The minimum Gasteiger partial charge on any atom is -0.420 e. The van der Waals surface area contributed by atoms with Crippen LogP contribution in [0.3, 0.4) is 0 Å². The van der Waals surface area contributed by atoms with Crippen LogP contribution in [-0.2, 0) is 5.41 Å². The summed E-state index contributed by atoms with van der Waals surface area (Å²) < 4.78 is 5.57. The number of hydrogen-bond donors (Lipinski definition) is 2. The van der Waals surface area contributed by atoms with Gasteiger partial charge >= 0.3 is 0 Å². The van der Waals surface area contributed by atoms with Crippen molar-refractivity contribution in [3.63, 3.8) is 0 Å². The molecule has 0 radical (unpaired) electrons. The number of fused-ring (bicyclic) bond motifs is 3. The summed E-state index contributed by atoms with van der Waals surface area (Å²) in [6.45, 7) is 5.05. The highest BCUT2D eigenvalue weighted by molar-refractivity contribution is 5.55. The van der Waals surface area contributed by atoms with E-state index in [1.165, 1.54) is 0 Å². The lowest BCUT2D eigenvalue weighted by atomic mass is 9.59. The third-order valence-electron chi connectivity index (χ3n) is 5.13. The van der Waals surface area contributed by atoms with Crippen LogP contribution in [0.4, 0.5) is 0 Å². The van der Waals surface area contributed by atoms with Crippen molar-refractivity contribution in [1.82, 2.24) is 15.1 Å². The molecule has 4 aliphatic rings. The molecule has 20 heavy (non-hydrogen) atoms. The summed E-state index contributed by atoms with van der Waals surface area (Å²) in [5, 5.41) is 16.9. The van der Waals surface area contributed by atoms with Crippen LogP contribution in [0.15, 0.2) is 11.5 Å². The molecule has 1 aromatic rings. The first kappa shape index (κ1) is 11.8. The number of nitrogens with two attached hydrogens (primary N) is 1. The van der Waals surface area contributed by atoms with Gasteiger partial charge in [0.05, 0.1) is 5.41 Å². The molecule has 0 unspecified atom stereocenters. The SMILES string of the molecule is Cc1[nH]nc2c1[C@]1(CN3CCC1CC3)C(C#N)=C(N)O2. The van der Waals surface area contributed by atoms with Gasteiger partial charge in [0.2, 0.25) is 11.8 Å². The predicted molar refractivity (Wildman–Crippen MR) is 71.6 cm³/mol. The molecule has 0 amide bonds. The Kier molecular flexibility index (Phi) is 2.22.